The summed E-state index contributed by atoms with van der Waals surface area (Å²) in [4.78, 5) is 0. The van der Waals surface area contributed by atoms with E-state index in [0.717, 1.165) is 45.6 Å². The van der Waals surface area contributed by atoms with Crippen LogP contribution in [0.1, 0.15) is 162 Å². The molecule has 0 aliphatic heterocycles. The van der Waals surface area contributed by atoms with Crippen LogP contribution in [0.25, 0.3) is 0 Å². The quantitative estimate of drug-likeness (QED) is 0.0881. The Hall–Kier alpha value is -1.08. The number of imidazole rings is 2. The molecule has 0 N–H and O–H groups in total. The Bertz CT molecular complexity index is 793. The lowest BCUT2D eigenvalue weighted by Crippen LogP contribution is -3.00. The Morgan fingerprint density at radius 2 is 0.733 bits per heavy atom. The van der Waals surface area contributed by atoms with Gasteiger partial charge in [-0.25, -0.2) is 18.3 Å². The third-order valence-electron chi connectivity index (χ3n) is 8.59. The molecule has 264 valence electrons. The average molecular weight is 674 g/mol. The number of hydrogen-bond acceptors (Lipinski definition) is 2. The topological polar surface area (TPSA) is 36.1 Å². The number of aromatic nitrogens is 4. The zero-order valence-electron chi connectivity index (χ0n) is 29.3. The highest BCUT2D eigenvalue weighted by molar-refractivity contribution is 4.66. The number of aryl methyl sites for hydroxylation is 2. The molecular formula is C37H70Cl2N4O2. The van der Waals surface area contributed by atoms with Gasteiger partial charge < -0.3 is 34.3 Å². The molecule has 0 aliphatic rings. The number of unbranched alkanes of at least 4 members (excludes halogenated alkanes) is 20. The first-order valence-electron chi connectivity index (χ1n) is 18.6. The Morgan fingerprint density at radius 3 is 1.09 bits per heavy atom. The van der Waals surface area contributed by atoms with Gasteiger partial charge >= 0.3 is 0 Å². The normalized spacial score (nSPS) is 11.1. The molecule has 0 aromatic carbocycles. The summed E-state index contributed by atoms with van der Waals surface area (Å²) in [6.45, 7) is 9.73. The van der Waals surface area contributed by atoms with E-state index in [-0.39, 0.29) is 24.8 Å². The molecule has 0 saturated heterocycles. The Labute approximate surface area is 290 Å². The molecule has 2 heterocycles. The zero-order valence-corrected chi connectivity index (χ0v) is 30.8. The van der Waals surface area contributed by atoms with Gasteiger partial charge in [0.2, 0.25) is 12.7 Å². The van der Waals surface area contributed by atoms with Gasteiger partial charge in [0.05, 0.1) is 26.3 Å². The second-order valence-corrected chi connectivity index (χ2v) is 12.8. The molecule has 0 fully saturated rings. The Balaban J connectivity index is 0.00000968. The minimum Gasteiger partial charge on any atom is -1.00 e. The lowest BCUT2D eigenvalue weighted by atomic mass is 10.1. The van der Waals surface area contributed by atoms with Crippen molar-refractivity contribution in [1.82, 2.24) is 9.13 Å². The summed E-state index contributed by atoms with van der Waals surface area (Å²) >= 11 is 0. The van der Waals surface area contributed by atoms with E-state index in [0.29, 0.717) is 13.5 Å². The molecule has 0 aliphatic carbocycles. The van der Waals surface area contributed by atoms with Crippen LogP contribution in [0.4, 0.5) is 0 Å². The predicted octanol–water partition coefficient (Wildman–Crippen LogP) is 3.53. The molecule has 0 spiro atoms. The SMILES string of the molecule is CCCCCCCCCCCCn1cc[n+](COCCCCCOC[n+]2ccn(CCCCCCCCCCCC)c2)c1.[Cl-].[Cl-]. The predicted molar refractivity (Wildman–Crippen MR) is 179 cm³/mol. The monoisotopic (exact) mass is 672 g/mol. The van der Waals surface area contributed by atoms with Gasteiger partial charge in [0, 0.05) is 0 Å². The molecular weight excluding hydrogens is 603 g/mol. The summed E-state index contributed by atoms with van der Waals surface area (Å²) in [6, 6.07) is 0. The van der Waals surface area contributed by atoms with E-state index in [1.165, 1.54) is 128 Å². The van der Waals surface area contributed by atoms with Crippen LogP contribution in [0, 0.1) is 0 Å². The fourth-order valence-corrected chi connectivity index (χ4v) is 5.78. The highest BCUT2D eigenvalue weighted by Crippen LogP contribution is 2.12. The zero-order chi connectivity index (χ0) is 30.5. The minimum atomic E-state index is 0. The lowest BCUT2D eigenvalue weighted by molar-refractivity contribution is -0.732. The van der Waals surface area contributed by atoms with Crippen LogP contribution < -0.4 is 33.9 Å². The van der Waals surface area contributed by atoms with Crippen LogP contribution in [0.2, 0.25) is 0 Å². The Kier molecular flexibility index (Phi) is 32.1. The standard InChI is InChI=1S/C37H70N4O2.2ClH/c1-3-5-7-9-11-13-15-17-19-22-26-38-28-30-40(34-38)36-42-32-24-21-25-33-43-37-41-31-29-39(35-41)27-23-20-18-16-14-12-10-8-6-4-2;;/h28-31,34-35H,3-27,32-33,36-37H2,1-2H3;2*1H/q+2;;/p-2. The van der Waals surface area contributed by atoms with Gasteiger partial charge in [-0.1, -0.05) is 117 Å². The molecule has 2 aromatic heterocycles. The molecule has 2 rings (SSSR count). The first-order chi connectivity index (χ1) is 21.3. The number of halogens is 2. The molecule has 0 saturated carbocycles. The van der Waals surface area contributed by atoms with Crippen molar-refractivity contribution >= 4 is 0 Å². The van der Waals surface area contributed by atoms with Gasteiger partial charge in [0.25, 0.3) is 0 Å². The van der Waals surface area contributed by atoms with Gasteiger partial charge in [0.15, 0.2) is 13.5 Å². The summed E-state index contributed by atoms with van der Waals surface area (Å²) in [5.74, 6) is 0. The molecule has 45 heavy (non-hydrogen) atoms. The maximum Gasteiger partial charge on any atom is 0.245 e. The highest BCUT2D eigenvalue weighted by atomic mass is 35.5. The summed E-state index contributed by atoms with van der Waals surface area (Å²) in [6.07, 6.45) is 44.1. The van der Waals surface area contributed by atoms with Gasteiger partial charge in [-0.3, -0.25) is 0 Å². The highest BCUT2D eigenvalue weighted by Gasteiger charge is 2.05. The van der Waals surface area contributed by atoms with E-state index >= 15 is 0 Å². The van der Waals surface area contributed by atoms with E-state index in [1.54, 1.807) is 0 Å². The summed E-state index contributed by atoms with van der Waals surface area (Å²) in [5.41, 5.74) is 0. The van der Waals surface area contributed by atoms with Crippen LogP contribution >= 0.6 is 0 Å². The number of nitrogens with zero attached hydrogens (tertiary/aromatic N) is 4. The Morgan fingerprint density at radius 1 is 0.422 bits per heavy atom. The van der Waals surface area contributed by atoms with Crippen molar-refractivity contribution < 1.29 is 43.4 Å². The van der Waals surface area contributed by atoms with Crippen molar-refractivity contribution in [2.75, 3.05) is 13.2 Å². The van der Waals surface area contributed by atoms with E-state index in [9.17, 15) is 0 Å². The van der Waals surface area contributed by atoms with Crippen molar-refractivity contribution in [3.63, 3.8) is 0 Å². The third-order valence-corrected chi connectivity index (χ3v) is 8.59. The minimum absolute atomic E-state index is 0. The first-order valence-corrected chi connectivity index (χ1v) is 18.6. The van der Waals surface area contributed by atoms with Crippen LogP contribution in [0.3, 0.4) is 0 Å². The second-order valence-electron chi connectivity index (χ2n) is 12.8. The molecule has 0 atom stereocenters. The molecule has 0 radical (unpaired) electrons. The van der Waals surface area contributed by atoms with Gasteiger partial charge in [-0.2, -0.15) is 0 Å². The van der Waals surface area contributed by atoms with Gasteiger partial charge in [-0.15, -0.1) is 0 Å². The fourth-order valence-electron chi connectivity index (χ4n) is 5.78. The second kappa shape index (κ2) is 32.8. The van der Waals surface area contributed by atoms with Crippen molar-refractivity contribution in [2.24, 2.45) is 0 Å². The van der Waals surface area contributed by atoms with Crippen molar-refractivity contribution in [2.45, 2.75) is 188 Å². The summed E-state index contributed by atoms with van der Waals surface area (Å²) in [5, 5.41) is 0. The fraction of sp³-hybridized carbons (Fsp3) is 0.838. The average Bonchev–Trinajstić information content (AvgIpc) is 3.67. The van der Waals surface area contributed by atoms with E-state index in [1.807, 2.05) is 0 Å². The number of rotatable bonds is 32. The lowest BCUT2D eigenvalue weighted by Gasteiger charge is -2.03. The maximum atomic E-state index is 5.90. The smallest absolute Gasteiger partial charge is 0.245 e. The van der Waals surface area contributed by atoms with Crippen molar-refractivity contribution in [3.8, 4) is 0 Å². The summed E-state index contributed by atoms with van der Waals surface area (Å²) in [7, 11) is 0. The van der Waals surface area contributed by atoms with Crippen LogP contribution in [-0.4, -0.2) is 22.3 Å². The molecule has 0 bridgehead atoms. The molecule has 0 unspecified atom stereocenters. The largest absolute Gasteiger partial charge is 1.00 e. The molecule has 8 heteroatoms. The summed E-state index contributed by atoms with van der Waals surface area (Å²) < 4.78 is 20.7. The number of hydrogen-bond donors (Lipinski definition) is 0. The number of ether oxygens (including phenoxy) is 2. The van der Waals surface area contributed by atoms with E-state index < -0.39 is 0 Å². The molecule has 2 aromatic rings. The van der Waals surface area contributed by atoms with Crippen molar-refractivity contribution in [3.05, 3.63) is 37.4 Å². The van der Waals surface area contributed by atoms with Crippen molar-refractivity contribution in [1.29, 1.82) is 0 Å². The van der Waals surface area contributed by atoms with Gasteiger partial charge in [-0.05, 0) is 44.9 Å². The van der Waals surface area contributed by atoms with Crippen LogP contribution in [0.15, 0.2) is 37.4 Å². The first kappa shape index (κ1) is 43.9. The van der Waals surface area contributed by atoms with E-state index in [4.69, 9.17) is 9.47 Å². The van der Waals surface area contributed by atoms with E-state index in [2.05, 4.69) is 69.6 Å². The third kappa shape index (κ3) is 25.7. The van der Waals surface area contributed by atoms with Crippen LogP contribution in [-0.2, 0) is 36.0 Å². The maximum absolute atomic E-state index is 5.90. The van der Waals surface area contributed by atoms with Gasteiger partial charge in [0.1, 0.15) is 24.8 Å². The molecule has 6 nitrogen and oxygen atoms in total. The van der Waals surface area contributed by atoms with Crippen LogP contribution in [0.5, 0.6) is 0 Å². The molecule has 0 amide bonds.